The molecule has 0 bridgehead atoms. The molecule has 3 aromatic rings. The molecule has 1 atom stereocenters. The van der Waals surface area contributed by atoms with Gasteiger partial charge in [0, 0.05) is 37.0 Å². The number of oxazole rings is 1. The molecule has 1 saturated carbocycles. The van der Waals surface area contributed by atoms with Gasteiger partial charge in [-0.1, -0.05) is 6.07 Å². The summed E-state index contributed by atoms with van der Waals surface area (Å²) in [5, 5.41) is 6.37. The number of aromatic nitrogens is 2. The van der Waals surface area contributed by atoms with Crippen molar-refractivity contribution in [2.24, 2.45) is 10.9 Å². The van der Waals surface area contributed by atoms with Gasteiger partial charge in [0.25, 0.3) is 0 Å². The number of hydrogen-bond acceptors (Lipinski definition) is 8. The molecule has 10 nitrogen and oxygen atoms in total. The fourth-order valence-corrected chi connectivity index (χ4v) is 5.55. The van der Waals surface area contributed by atoms with Crippen LogP contribution in [0.1, 0.15) is 75.0 Å². The number of likely N-dealkylation sites (N-methyl/N-ethyl adjacent to an activating group) is 1. The first kappa shape index (κ1) is 26.4. The van der Waals surface area contributed by atoms with Gasteiger partial charge in [-0.25, -0.2) is 14.8 Å². The highest BCUT2D eigenvalue weighted by atomic mass is 16.6. The van der Waals surface area contributed by atoms with Crippen LogP contribution in [0.5, 0.6) is 0 Å². The van der Waals surface area contributed by atoms with E-state index in [2.05, 4.69) is 32.7 Å². The Morgan fingerprint density at radius 1 is 1.12 bits per heavy atom. The van der Waals surface area contributed by atoms with E-state index in [1.54, 1.807) is 17.3 Å². The van der Waals surface area contributed by atoms with Gasteiger partial charge in [-0.15, -0.1) is 0 Å². The molecule has 2 aliphatic heterocycles. The van der Waals surface area contributed by atoms with Crippen molar-refractivity contribution >= 4 is 35.1 Å². The average Bonchev–Trinajstić information content (AvgIpc) is 3.70. The molecule has 2 amide bonds. The predicted molar refractivity (Wildman–Crippen MR) is 152 cm³/mol. The molecule has 2 fully saturated rings. The van der Waals surface area contributed by atoms with Gasteiger partial charge in [-0.05, 0) is 88.7 Å². The fourth-order valence-electron chi connectivity index (χ4n) is 5.55. The molecular formula is C30H36N6O4. The lowest BCUT2D eigenvalue weighted by molar-refractivity contribution is -0.117. The summed E-state index contributed by atoms with van der Waals surface area (Å²) < 4.78 is 11.9. The number of rotatable bonds is 5. The molecule has 1 aromatic carbocycles. The Labute approximate surface area is 233 Å². The zero-order chi connectivity index (χ0) is 28.1. The largest absolute Gasteiger partial charge is 0.444 e. The highest BCUT2D eigenvalue weighted by Gasteiger charge is 2.42. The first-order valence-electron chi connectivity index (χ1n) is 14.0. The molecule has 40 heavy (non-hydrogen) atoms. The van der Waals surface area contributed by atoms with Crippen LogP contribution in [0.2, 0.25) is 0 Å². The van der Waals surface area contributed by atoms with Gasteiger partial charge in [-0.2, -0.15) is 0 Å². The van der Waals surface area contributed by atoms with E-state index in [-0.39, 0.29) is 17.9 Å². The molecule has 2 N–H and O–H groups in total. The van der Waals surface area contributed by atoms with Crippen LogP contribution >= 0.6 is 0 Å². The molecule has 6 rings (SSSR count). The Morgan fingerprint density at radius 2 is 1.90 bits per heavy atom. The molecule has 1 saturated heterocycles. The van der Waals surface area contributed by atoms with Crippen molar-refractivity contribution in [1.82, 2.24) is 20.2 Å². The summed E-state index contributed by atoms with van der Waals surface area (Å²) in [6, 6.07) is 8.07. The molecule has 0 spiro atoms. The van der Waals surface area contributed by atoms with Gasteiger partial charge in [0.15, 0.2) is 5.58 Å². The van der Waals surface area contributed by atoms with Crippen LogP contribution in [-0.4, -0.2) is 65.4 Å². The lowest BCUT2D eigenvalue weighted by Gasteiger charge is -2.33. The number of aliphatic imine (C=N–C) groups is 1. The summed E-state index contributed by atoms with van der Waals surface area (Å²) in [5.41, 5.74) is 3.13. The van der Waals surface area contributed by atoms with Crippen molar-refractivity contribution in [1.29, 1.82) is 0 Å². The molecular weight excluding hydrogens is 508 g/mol. The first-order chi connectivity index (χ1) is 19.1. The quantitative estimate of drug-likeness (QED) is 0.482. The minimum Gasteiger partial charge on any atom is -0.444 e. The van der Waals surface area contributed by atoms with Crippen LogP contribution in [0.3, 0.4) is 0 Å². The van der Waals surface area contributed by atoms with Crippen LogP contribution in [0.15, 0.2) is 39.9 Å². The standard InChI is InChI=1S/C30H36N6O4/c1-29(2,3)40-28(38)36-11-9-18(10-12-36)20-7-8-24-23(13-20)34-27(39-24)30(31-4)17-32-15-21-16-33-25(14-22(21)30)35-26(37)19-5-6-19/h7-8,13-16,18-19,31H,5-6,9-12,17H2,1-4H3,(H,33,35,37). The van der Waals surface area contributed by atoms with Crippen LogP contribution in [0.4, 0.5) is 10.6 Å². The van der Waals surface area contributed by atoms with Gasteiger partial charge >= 0.3 is 6.09 Å². The number of ether oxygens (including phenoxy) is 1. The fraction of sp³-hybridized carbons (Fsp3) is 0.500. The molecule has 10 heteroatoms. The Hall–Kier alpha value is -3.79. The van der Waals surface area contributed by atoms with Gasteiger partial charge in [0.2, 0.25) is 11.8 Å². The molecule has 210 valence electrons. The zero-order valence-electron chi connectivity index (χ0n) is 23.5. The Balaban J connectivity index is 1.24. The maximum atomic E-state index is 12.5. The van der Waals surface area contributed by atoms with E-state index in [9.17, 15) is 9.59 Å². The van der Waals surface area contributed by atoms with Crippen LogP contribution in [-0.2, 0) is 15.1 Å². The number of carbonyl (C=O) groups is 2. The lowest BCUT2D eigenvalue weighted by Crippen LogP contribution is -2.46. The van der Waals surface area contributed by atoms with Crippen LogP contribution < -0.4 is 10.6 Å². The van der Waals surface area contributed by atoms with E-state index in [1.165, 1.54) is 5.56 Å². The third kappa shape index (κ3) is 5.08. The molecule has 3 aliphatic rings. The maximum Gasteiger partial charge on any atom is 0.410 e. The second-order valence-corrected chi connectivity index (χ2v) is 12.0. The van der Waals surface area contributed by atoms with Gasteiger partial charge in [0.05, 0.1) is 6.54 Å². The van der Waals surface area contributed by atoms with E-state index in [1.807, 2.05) is 40.0 Å². The number of piperidine rings is 1. The number of likely N-dealkylation sites (tertiary alicyclic amines) is 1. The Bertz CT molecular complexity index is 1480. The number of anilines is 1. The van der Waals surface area contributed by atoms with Crippen molar-refractivity contribution in [2.45, 2.75) is 63.5 Å². The molecule has 4 heterocycles. The van der Waals surface area contributed by atoms with Crippen molar-refractivity contribution in [3.63, 3.8) is 0 Å². The number of hydrogen-bond donors (Lipinski definition) is 2. The van der Waals surface area contributed by atoms with Crippen LogP contribution in [0.25, 0.3) is 11.1 Å². The van der Waals surface area contributed by atoms with E-state index >= 15 is 0 Å². The summed E-state index contributed by atoms with van der Waals surface area (Å²) in [4.78, 5) is 40.6. The summed E-state index contributed by atoms with van der Waals surface area (Å²) in [7, 11) is 1.87. The van der Waals surface area contributed by atoms with Crippen molar-refractivity contribution in [3.05, 3.63) is 53.0 Å². The number of nitrogens with one attached hydrogen (secondary N) is 2. The van der Waals surface area contributed by atoms with Crippen molar-refractivity contribution < 1.29 is 18.7 Å². The lowest BCUT2D eigenvalue weighted by atomic mass is 9.85. The predicted octanol–water partition coefficient (Wildman–Crippen LogP) is 4.58. The summed E-state index contributed by atoms with van der Waals surface area (Å²) >= 11 is 0. The first-order valence-corrected chi connectivity index (χ1v) is 14.0. The summed E-state index contributed by atoms with van der Waals surface area (Å²) in [6.07, 6.45) is 6.86. The third-order valence-electron chi connectivity index (χ3n) is 7.97. The number of fused-ring (bicyclic) bond motifs is 2. The van der Waals surface area contributed by atoms with Gasteiger partial charge in [0.1, 0.15) is 22.5 Å². The van der Waals surface area contributed by atoms with Crippen LogP contribution in [0, 0.1) is 5.92 Å². The van der Waals surface area contributed by atoms with Crippen molar-refractivity contribution in [3.8, 4) is 0 Å². The van der Waals surface area contributed by atoms with E-state index in [4.69, 9.17) is 14.1 Å². The molecule has 1 aliphatic carbocycles. The minimum atomic E-state index is -0.802. The van der Waals surface area contributed by atoms with E-state index < -0.39 is 11.1 Å². The smallest absolute Gasteiger partial charge is 0.410 e. The minimum absolute atomic E-state index is 0.0123. The topological polar surface area (TPSA) is 122 Å². The number of carbonyl (C=O) groups excluding carboxylic acids is 2. The van der Waals surface area contributed by atoms with Gasteiger partial charge in [-0.3, -0.25) is 9.79 Å². The molecule has 2 aromatic heterocycles. The zero-order valence-corrected chi connectivity index (χ0v) is 23.5. The number of nitrogens with zero attached hydrogens (tertiary/aromatic N) is 4. The summed E-state index contributed by atoms with van der Waals surface area (Å²) in [6.45, 7) is 7.38. The highest BCUT2D eigenvalue weighted by molar-refractivity contribution is 5.94. The van der Waals surface area contributed by atoms with Gasteiger partial charge < -0.3 is 24.7 Å². The SMILES string of the molecule is CNC1(c2nc3cc(C4CCN(C(=O)OC(C)(C)C)CC4)ccc3o2)CN=Cc2cnc(NC(=O)C3CC3)cc21. The normalized spacial score (nSPS) is 21.4. The second kappa shape index (κ2) is 9.99. The number of pyridine rings is 1. The van der Waals surface area contributed by atoms with E-state index in [0.717, 1.165) is 42.3 Å². The average molecular weight is 545 g/mol. The number of benzene rings is 1. The van der Waals surface area contributed by atoms with E-state index in [0.29, 0.717) is 42.8 Å². The Morgan fingerprint density at radius 3 is 2.60 bits per heavy atom. The monoisotopic (exact) mass is 544 g/mol. The highest BCUT2D eigenvalue weighted by Crippen LogP contribution is 2.38. The van der Waals surface area contributed by atoms with Crippen molar-refractivity contribution in [2.75, 3.05) is 32.0 Å². The molecule has 0 radical (unpaired) electrons. The second-order valence-electron chi connectivity index (χ2n) is 12.0. The number of amides is 2. The maximum absolute atomic E-state index is 12.5. The third-order valence-corrected chi connectivity index (χ3v) is 7.97. The summed E-state index contributed by atoms with van der Waals surface area (Å²) in [5.74, 6) is 1.46. The Kier molecular flexibility index (Phi) is 6.60. The molecule has 1 unspecified atom stereocenters.